The van der Waals surface area contributed by atoms with Gasteiger partial charge in [0.05, 0.1) is 13.2 Å². The molecule has 0 atom stereocenters. The van der Waals surface area contributed by atoms with Crippen LogP contribution in [0.1, 0.15) is 39.5 Å². The molecule has 2 nitrogen and oxygen atoms in total. The molecule has 0 unspecified atom stereocenters. The second kappa shape index (κ2) is 12.5. The molecular formula is C26H28IrO2-2. The Morgan fingerprint density at radius 3 is 2.07 bits per heavy atom. The summed E-state index contributed by atoms with van der Waals surface area (Å²) in [6.45, 7) is 5.76. The first-order valence-electron chi connectivity index (χ1n) is 10.2. The van der Waals surface area contributed by atoms with Crippen molar-refractivity contribution in [2.75, 3.05) is 13.2 Å². The zero-order valence-corrected chi connectivity index (χ0v) is 19.6. The van der Waals surface area contributed by atoms with E-state index in [2.05, 4.69) is 56.3 Å². The Balaban J connectivity index is 0.00000300. The van der Waals surface area contributed by atoms with Crippen LogP contribution in [-0.4, -0.2) is 13.2 Å². The molecule has 0 N–H and O–H groups in total. The van der Waals surface area contributed by atoms with Gasteiger partial charge in [0.25, 0.3) is 0 Å². The number of ether oxygens (including phenoxy) is 2. The van der Waals surface area contributed by atoms with E-state index in [1.165, 1.54) is 0 Å². The topological polar surface area (TPSA) is 18.5 Å². The zero-order valence-electron chi connectivity index (χ0n) is 17.2. The van der Waals surface area contributed by atoms with Crippen molar-refractivity contribution >= 4 is 0 Å². The monoisotopic (exact) mass is 565 g/mol. The van der Waals surface area contributed by atoms with Gasteiger partial charge in [-0.1, -0.05) is 32.8 Å². The van der Waals surface area contributed by atoms with Gasteiger partial charge in [0.2, 0.25) is 0 Å². The quantitative estimate of drug-likeness (QED) is 0.196. The summed E-state index contributed by atoms with van der Waals surface area (Å²) in [5.41, 5.74) is 4.32. The van der Waals surface area contributed by atoms with Crippen LogP contribution >= 0.6 is 0 Å². The van der Waals surface area contributed by atoms with Gasteiger partial charge in [0, 0.05) is 20.1 Å². The second-order valence-electron chi connectivity index (χ2n) is 6.83. The van der Waals surface area contributed by atoms with E-state index in [9.17, 15) is 0 Å². The first kappa shape index (κ1) is 23.2. The molecule has 0 spiro atoms. The predicted octanol–water partition coefficient (Wildman–Crippen LogP) is 6.98. The van der Waals surface area contributed by atoms with Crippen LogP contribution in [0, 0.1) is 12.1 Å². The average Bonchev–Trinajstić information content (AvgIpc) is 2.75. The van der Waals surface area contributed by atoms with Gasteiger partial charge >= 0.3 is 0 Å². The molecular weight excluding hydrogens is 537 g/mol. The van der Waals surface area contributed by atoms with Gasteiger partial charge < -0.3 is 9.47 Å². The van der Waals surface area contributed by atoms with Crippen molar-refractivity contribution in [1.82, 2.24) is 0 Å². The maximum Gasteiger partial charge on any atom is 0.161 e. The van der Waals surface area contributed by atoms with Crippen molar-refractivity contribution in [3.8, 4) is 33.8 Å². The van der Waals surface area contributed by atoms with E-state index >= 15 is 0 Å². The van der Waals surface area contributed by atoms with E-state index in [-0.39, 0.29) is 20.1 Å². The molecule has 3 aromatic rings. The molecule has 0 aromatic heterocycles. The molecule has 0 aliphatic rings. The Hall–Kier alpha value is -2.09. The Labute approximate surface area is 188 Å². The van der Waals surface area contributed by atoms with Gasteiger partial charge in [-0.3, -0.25) is 0 Å². The SMILES string of the molecule is CCCCOc1ccc(-c2cc[c-]c(-c3[c-]cccc3)c2)cc1OCCCC.[Ir]. The van der Waals surface area contributed by atoms with E-state index in [0.29, 0.717) is 13.2 Å². The predicted molar refractivity (Wildman–Crippen MR) is 116 cm³/mol. The smallest absolute Gasteiger partial charge is 0.161 e. The van der Waals surface area contributed by atoms with E-state index in [1.54, 1.807) is 0 Å². The van der Waals surface area contributed by atoms with E-state index < -0.39 is 0 Å². The number of hydrogen-bond acceptors (Lipinski definition) is 2. The number of hydrogen-bond donors (Lipinski definition) is 0. The number of rotatable bonds is 10. The molecule has 1 radical (unpaired) electrons. The van der Waals surface area contributed by atoms with Crippen LogP contribution in [0.5, 0.6) is 11.5 Å². The normalized spacial score (nSPS) is 10.3. The fourth-order valence-corrected chi connectivity index (χ4v) is 2.94. The summed E-state index contributed by atoms with van der Waals surface area (Å²) in [7, 11) is 0. The molecule has 0 aliphatic carbocycles. The van der Waals surface area contributed by atoms with Crippen LogP contribution in [0.4, 0.5) is 0 Å². The molecule has 0 saturated carbocycles. The fraction of sp³-hybridized carbons (Fsp3) is 0.308. The third-order valence-electron chi connectivity index (χ3n) is 4.59. The molecule has 0 amide bonds. The van der Waals surface area contributed by atoms with Crippen LogP contribution in [0.3, 0.4) is 0 Å². The van der Waals surface area contributed by atoms with Crippen LogP contribution in [0.15, 0.2) is 60.7 Å². The summed E-state index contributed by atoms with van der Waals surface area (Å²) in [5, 5.41) is 0. The maximum atomic E-state index is 6.05. The summed E-state index contributed by atoms with van der Waals surface area (Å²) in [6, 6.07) is 27.0. The van der Waals surface area contributed by atoms with E-state index in [1.807, 2.05) is 30.3 Å². The molecule has 0 aliphatic heterocycles. The van der Waals surface area contributed by atoms with Gasteiger partial charge in [-0.2, -0.15) is 42.5 Å². The summed E-state index contributed by atoms with van der Waals surface area (Å²) in [6.07, 6.45) is 4.30. The summed E-state index contributed by atoms with van der Waals surface area (Å²) < 4.78 is 12.0. The van der Waals surface area contributed by atoms with Crippen molar-refractivity contribution < 1.29 is 29.6 Å². The molecule has 0 heterocycles. The number of benzene rings is 3. The van der Waals surface area contributed by atoms with Gasteiger partial charge in [0.15, 0.2) is 11.5 Å². The minimum absolute atomic E-state index is 0. The minimum Gasteiger partial charge on any atom is -0.490 e. The molecule has 0 bridgehead atoms. The number of unbranched alkanes of at least 4 members (excludes halogenated alkanes) is 2. The summed E-state index contributed by atoms with van der Waals surface area (Å²) in [4.78, 5) is 0. The van der Waals surface area contributed by atoms with Crippen LogP contribution < -0.4 is 9.47 Å². The Morgan fingerprint density at radius 1 is 0.690 bits per heavy atom. The zero-order chi connectivity index (χ0) is 19.6. The van der Waals surface area contributed by atoms with Gasteiger partial charge in [-0.15, -0.1) is 17.7 Å². The molecule has 0 fully saturated rings. The first-order valence-corrected chi connectivity index (χ1v) is 10.2. The van der Waals surface area contributed by atoms with Crippen molar-refractivity contribution in [3.05, 3.63) is 72.8 Å². The Morgan fingerprint density at radius 2 is 1.38 bits per heavy atom. The van der Waals surface area contributed by atoms with E-state index in [4.69, 9.17) is 9.47 Å². The standard InChI is InChI=1S/C26H28O2.Ir/c1-3-5-17-27-25-16-15-24(20-26(25)28-18-6-4-2)23-14-10-13-22(19-23)21-11-8-7-9-12-21;/h7-11,14-16,19-20H,3-6,17-18H2,1-2H3;/q-2;. The Bertz CT molecular complexity index is 862. The average molecular weight is 565 g/mol. The molecule has 0 saturated heterocycles. The van der Waals surface area contributed by atoms with Gasteiger partial charge in [-0.05, 0) is 30.5 Å². The molecule has 3 rings (SSSR count). The molecule has 3 heteroatoms. The van der Waals surface area contributed by atoms with Crippen LogP contribution in [-0.2, 0) is 20.1 Å². The van der Waals surface area contributed by atoms with Crippen LogP contribution in [0.25, 0.3) is 22.3 Å². The fourth-order valence-electron chi connectivity index (χ4n) is 2.94. The van der Waals surface area contributed by atoms with Crippen molar-refractivity contribution in [2.24, 2.45) is 0 Å². The summed E-state index contributed by atoms with van der Waals surface area (Å²) >= 11 is 0. The van der Waals surface area contributed by atoms with Gasteiger partial charge in [-0.25, -0.2) is 11.1 Å². The minimum atomic E-state index is 0. The first-order chi connectivity index (χ1) is 13.8. The Kier molecular flexibility index (Phi) is 9.97. The molecule has 155 valence electrons. The van der Waals surface area contributed by atoms with Crippen molar-refractivity contribution in [1.29, 1.82) is 0 Å². The molecule has 3 aromatic carbocycles. The van der Waals surface area contributed by atoms with E-state index in [0.717, 1.165) is 59.4 Å². The molecule has 29 heavy (non-hydrogen) atoms. The van der Waals surface area contributed by atoms with Gasteiger partial charge in [0.1, 0.15) is 0 Å². The maximum absolute atomic E-state index is 6.05. The third-order valence-corrected chi connectivity index (χ3v) is 4.59. The largest absolute Gasteiger partial charge is 0.490 e. The van der Waals surface area contributed by atoms with Crippen LogP contribution in [0.2, 0.25) is 0 Å². The second-order valence-corrected chi connectivity index (χ2v) is 6.83. The van der Waals surface area contributed by atoms with Crippen molar-refractivity contribution in [2.45, 2.75) is 39.5 Å². The summed E-state index contributed by atoms with van der Waals surface area (Å²) in [5.74, 6) is 1.65. The third kappa shape index (κ3) is 6.73. The van der Waals surface area contributed by atoms with Crippen molar-refractivity contribution in [3.63, 3.8) is 0 Å².